The standard InChI is InChI=1S/C20H25N3O2/c1-15(24)22-17-9-7-16(8-10-17)14-23-12-11-21-13-19(23)18-5-3-4-6-20(18)25-2/h3-10,19,21H,11-14H2,1-2H3,(H,22,24). The summed E-state index contributed by atoms with van der Waals surface area (Å²) in [6, 6.07) is 16.6. The van der Waals surface area contributed by atoms with Crippen LogP contribution < -0.4 is 15.4 Å². The van der Waals surface area contributed by atoms with Crippen molar-refractivity contribution in [3.05, 3.63) is 59.7 Å². The lowest BCUT2D eigenvalue weighted by Gasteiger charge is -2.37. The third kappa shape index (κ3) is 4.38. The maximum Gasteiger partial charge on any atom is 0.221 e. The van der Waals surface area contributed by atoms with Crippen LogP contribution in [0.1, 0.15) is 24.1 Å². The summed E-state index contributed by atoms with van der Waals surface area (Å²) in [5.41, 5.74) is 3.28. The number of ether oxygens (including phenoxy) is 1. The summed E-state index contributed by atoms with van der Waals surface area (Å²) in [5.74, 6) is 0.883. The van der Waals surface area contributed by atoms with Crippen LogP contribution in [0.25, 0.3) is 0 Å². The minimum atomic E-state index is -0.0499. The van der Waals surface area contributed by atoms with Gasteiger partial charge in [-0.15, -0.1) is 0 Å². The van der Waals surface area contributed by atoms with Gasteiger partial charge in [-0.05, 0) is 23.8 Å². The number of hydrogen-bond acceptors (Lipinski definition) is 4. The predicted molar refractivity (Wildman–Crippen MR) is 99.8 cm³/mol. The molecule has 1 heterocycles. The highest BCUT2D eigenvalue weighted by molar-refractivity contribution is 5.88. The number of carbonyl (C=O) groups is 1. The molecule has 0 spiro atoms. The Balaban J connectivity index is 1.76. The Morgan fingerprint density at radius 2 is 2.00 bits per heavy atom. The lowest BCUT2D eigenvalue weighted by molar-refractivity contribution is -0.114. The third-order valence-corrected chi connectivity index (χ3v) is 4.51. The number of benzene rings is 2. The molecule has 1 amide bonds. The fourth-order valence-electron chi connectivity index (χ4n) is 3.32. The summed E-state index contributed by atoms with van der Waals surface area (Å²) < 4.78 is 5.56. The monoisotopic (exact) mass is 339 g/mol. The molecular formula is C20H25N3O2. The van der Waals surface area contributed by atoms with Crippen molar-refractivity contribution >= 4 is 11.6 Å². The minimum absolute atomic E-state index is 0.0499. The van der Waals surface area contributed by atoms with Gasteiger partial charge >= 0.3 is 0 Å². The number of nitrogens with one attached hydrogen (secondary N) is 2. The molecule has 2 aromatic rings. The second-order valence-corrected chi connectivity index (χ2v) is 6.31. The molecule has 25 heavy (non-hydrogen) atoms. The number of carbonyl (C=O) groups excluding carboxylic acids is 1. The first kappa shape index (κ1) is 17.5. The van der Waals surface area contributed by atoms with Crippen LogP contribution in [0.3, 0.4) is 0 Å². The largest absolute Gasteiger partial charge is 0.496 e. The van der Waals surface area contributed by atoms with E-state index in [0.29, 0.717) is 0 Å². The van der Waals surface area contributed by atoms with Gasteiger partial charge in [0.2, 0.25) is 5.91 Å². The van der Waals surface area contributed by atoms with Crippen molar-refractivity contribution < 1.29 is 9.53 Å². The van der Waals surface area contributed by atoms with Gasteiger partial charge in [0, 0.05) is 44.4 Å². The smallest absolute Gasteiger partial charge is 0.221 e. The Kier molecular flexibility index (Phi) is 5.68. The molecule has 1 fully saturated rings. The van der Waals surface area contributed by atoms with Crippen molar-refractivity contribution in [2.75, 3.05) is 32.1 Å². The van der Waals surface area contributed by atoms with E-state index in [4.69, 9.17) is 4.74 Å². The molecule has 1 atom stereocenters. The molecule has 1 saturated heterocycles. The van der Waals surface area contributed by atoms with Crippen LogP contribution in [0.2, 0.25) is 0 Å². The molecule has 0 aliphatic carbocycles. The van der Waals surface area contributed by atoms with Gasteiger partial charge in [0.1, 0.15) is 5.75 Å². The number of hydrogen-bond donors (Lipinski definition) is 2. The normalized spacial score (nSPS) is 17.9. The predicted octanol–water partition coefficient (Wildman–Crippen LogP) is 2.80. The Bertz CT molecular complexity index is 715. The number of nitrogens with zero attached hydrogens (tertiary/aromatic N) is 1. The number of anilines is 1. The molecule has 3 rings (SSSR count). The fourth-order valence-corrected chi connectivity index (χ4v) is 3.32. The number of rotatable bonds is 5. The molecule has 0 bridgehead atoms. The van der Waals surface area contributed by atoms with E-state index < -0.39 is 0 Å². The molecule has 2 aromatic carbocycles. The number of para-hydroxylation sites is 1. The molecule has 0 saturated carbocycles. The van der Waals surface area contributed by atoms with Crippen molar-refractivity contribution in [1.29, 1.82) is 0 Å². The summed E-state index contributed by atoms with van der Waals surface area (Å²) in [7, 11) is 1.72. The van der Waals surface area contributed by atoms with E-state index in [1.807, 2.05) is 24.3 Å². The Hall–Kier alpha value is -2.37. The molecule has 1 aliphatic rings. The van der Waals surface area contributed by atoms with Crippen molar-refractivity contribution in [3.63, 3.8) is 0 Å². The molecule has 1 unspecified atom stereocenters. The summed E-state index contributed by atoms with van der Waals surface area (Å²) in [5, 5.41) is 6.29. The average molecular weight is 339 g/mol. The quantitative estimate of drug-likeness (QED) is 0.879. The Morgan fingerprint density at radius 1 is 1.24 bits per heavy atom. The first-order chi connectivity index (χ1) is 12.2. The topological polar surface area (TPSA) is 53.6 Å². The number of piperazine rings is 1. The summed E-state index contributed by atoms with van der Waals surface area (Å²) in [4.78, 5) is 13.6. The van der Waals surface area contributed by atoms with Crippen LogP contribution in [0.5, 0.6) is 5.75 Å². The van der Waals surface area contributed by atoms with Crippen molar-refractivity contribution in [1.82, 2.24) is 10.2 Å². The van der Waals surface area contributed by atoms with Crippen molar-refractivity contribution in [2.45, 2.75) is 19.5 Å². The molecule has 0 aromatic heterocycles. The zero-order valence-corrected chi connectivity index (χ0v) is 14.8. The molecule has 5 heteroatoms. The van der Waals surface area contributed by atoms with Crippen LogP contribution in [0, 0.1) is 0 Å². The van der Waals surface area contributed by atoms with Crippen LogP contribution in [-0.4, -0.2) is 37.6 Å². The maximum atomic E-state index is 11.1. The van der Waals surface area contributed by atoms with Gasteiger partial charge in [-0.2, -0.15) is 0 Å². The third-order valence-electron chi connectivity index (χ3n) is 4.51. The molecular weight excluding hydrogens is 314 g/mol. The van der Waals surface area contributed by atoms with Gasteiger partial charge in [0.25, 0.3) is 0 Å². The fraction of sp³-hybridized carbons (Fsp3) is 0.350. The van der Waals surface area contributed by atoms with Gasteiger partial charge in [0.15, 0.2) is 0 Å². The van der Waals surface area contributed by atoms with Crippen molar-refractivity contribution in [2.24, 2.45) is 0 Å². The number of amides is 1. The van der Waals surface area contributed by atoms with Crippen LogP contribution in [0.15, 0.2) is 48.5 Å². The van der Waals surface area contributed by atoms with E-state index >= 15 is 0 Å². The van der Waals surface area contributed by atoms with E-state index in [1.54, 1.807) is 7.11 Å². The van der Waals surface area contributed by atoms with Gasteiger partial charge in [-0.25, -0.2) is 0 Å². The van der Waals surface area contributed by atoms with Crippen LogP contribution in [-0.2, 0) is 11.3 Å². The highest BCUT2D eigenvalue weighted by Crippen LogP contribution is 2.31. The second-order valence-electron chi connectivity index (χ2n) is 6.31. The average Bonchev–Trinajstić information content (AvgIpc) is 2.63. The van der Waals surface area contributed by atoms with E-state index in [-0.39, 0.29) is 11.9 Å². The highest BCUT2D eigenvalue weighted by atomic mass is 16.5. The van der Waals surface area contributed by atoms with E-state index in [9.17, 15) is 4.79 Å². The molecule has 5 nitrogen and oxygen atoms in total. The maximum absolute atomic E-state index is 11.1. The van der Waals surface area contributed by atoms with Crippen molar-refractivity contribution in [3.8, 4) is 5.75 Å². The lowest BCUT2D eigenvalue weighted by Crippen LogP contribution is -2.45. The summed E-state index contributed by atoms with van der Waals surface area (Å²) in [6.07, 6.45) is 0. The second kappa shape index (κ2) is 8.14. The van der Waals surface area contributed by atoms with Gasteiger partial charge < -0.3 is 15.4 Å². The summed E-state index contributed by atoms with van der Waals surface area (Å²) in [6.45, 7) is 5.26. The first-order valence-electron chi connectivity index (χ1n) is 8.61. The zero-order valence-electron chi connectivity index (χ0n) is 14.8. The Labute approximate surface area is 149 Å². The minimum Gasteiger partial charge on any atom is -0.496 e. The van der Waals surface area contributed by atoms with E-state index in [2.05, 4.69) is 39.8 Å². The van der Waals surface area contributed by atoms with Gasteiger partial charge in [-0.1, -0.05) is 30.3 Å². The van der Waals surface area contributed by atoms with Gasteiger partial charge in [0.05, 0.1) is 13.2 Å². The SMILES string of the molecule is COc1ccccc1C1CNCCN1Cc1ccc(NC(C)=O)cc1. The van der Waals surface area contributed by atoms with E-state index in [0.717, 1.165) is 37.6 Å². The van der Waals surface area contributed by atoms with Crippen LogP contribution in [0.4, 0.5) is 5.69 Å². The van der Waals surface area contributed by atoms with Gasteiger partial charge in [-0.3, -0.25) is 9.69 Å². The lowest BCUT2D eigenvalue weighted by atomic mass is 10.0. The summed E-state index contributed by atoms with van der Waals surface area (Å²) >= 11 is 0. The first-order valence-corrected chi connectivity index (χ1v) is 8.61. The molecule has 2 N–H and O–H groups in total. The molecule has 0 radical (unpaired) electrons. The Morgan fingerprint density at radius 3 is 2.72 bits per heavy atom. The van der Waals surface area contributed by atoms with Crippen LogP contribution >= 0.6 is 0 Å². The highest BCUT2D eigenvalue weighted by Gasteiger charge is 2.26. The zero-order chi connectivity index (χ0) is 17.6. The molecule has 1 aliphatic heterocycles. The molecule has 132 valence electrons. The number of methoxy groups -OCH3 is 1. The van der Waals surface area contributed by atoms with E-state index in [1.165, 1.54) is 18.1 Å².